The number of rotatable bonds is 5. The van der Waals surface area contributed by atoms with Crippen LogP contribution in [0.15, 0.2) is 5.03 Å². The maximum atomic E-state index is 10.4. The van der Waals surface area contributed by atoms with Crippen molar-refractivity contribution in [2.45, 2.75) is 36.8 Å². The molecule has 1 saturated heterocycles. The highest BCUT2D eigenvalue weighted by Crippen LogP contribution is 2.35. The van der Waals surface area contributed by atoms with Gasteiger partial charge in [0.1, 0.15) is 5.03 Å². The van der Waals surface area contributed by atoms with E-state index in [-0.39, 0.29) is 12.5 Å². The van der Waals surface area contributed by atoms with Crippen LogP contribution in [0.2, 0.25) is 0 Å². The minimum absolute atomic E-state index is 0.107. The van der Waals surface area contributed by atoms with Crippen LogP contribution < -0.4 is 0 Å². The van der Waals surface area contributed by atoms with Crippen LogP contribution in [0.1, 0.15) is 36.7 Å². The van der Waals surface area contributed by atoms with Crippen molar-refractivity contribution in [3.05, 3.63) is 4.88 Å². The number of carboxylic acids is 1. The third-order valence-electron chi connectivity index (χ3n) is 2.51. The summed E-state index contributed by atoms with van der Waals surface area (Å²) in [5, 5.41) is 13.5. The monoisotopic (exact) mass is 274 g/mol. The van der Waals surface area contributed by atoms with Gasteiger partial charge in [-0.1, -0.05) is 4.49 Å². The molecule has 0 amide bonds. The predicted octanol–water partition coefficient (Wildman–Crippen LogP) is 2.35. The second-order valence-corrected chi connectivity index (χ2v) is 5.66. The first kappa shape index (κ1) is 12.8. The average Bonchev–Trinajstić information content (AvgIpc) is 2.78. The molecule has 0 aromatic carbocycles. The van der Waals surface area contributed by atoms with Gasteiger partial charge in [0, 0.05) is 12.4 Å². The Hall–Kier alpha value is -0.660. The second-order valence-electron chi connectivity index (χ2n) is 3.79. The molecule has 2 rings (SSSR count). The Morgan fingerprint density at radius 2 is 2.47 bits per heavy atom. The highest BCUT2D eigenvalue weighted by molar-refractivity contribution is 7.99. The molecule has 0 saturated carbocycles. The first-order valence-electron chi connectivity index (χ1n) is 5.56. The van der Waals surface area contributed by atoms with E-state index in [1.807, 2.05) is 0 Å². The van der Waals surface area contributed by atoms with Gasteiger partial charge in [-0.15, -0.1) is 16.9 Å². The number of aromatic nitrogens is 2. The Kier molecular flexibility index (Phi) is 4.75. The fourth-order valence-electron chi connectivity index (χ4n) is 1.67. The smallest absolute Gasteiger partial charge is 0.304 e. The molecule has 1 atom stereocenters. The van der Waals surface area contributed by atoms with Gasteiger partial charge in [0.05, 0.1) is 17.4 Å². The van der Waals surface area contributed by atoms with Gasteiger partial charge in [-0.3, -0.25) is 4.79 Å². The van der Waals surface area contributed by atoms with E-state index in [2.05, 4.69) is 9.59 Å². The molecule has 1 fully saturated rings. The van der Waals surface area contributed by atoms with Gasteiger partial charge in [-0.25, -0.2) is 0 Å². The minimum Gasteiger partial charge on any atom is -0.481 e. The Balaban J connectivity index is 1.93. The van der Waals surface area contributed by atoms with Crippen LogP contribution in [0.4, 0.5) is 0 Å². The summed E-state index contributed by atoms with van der Waals surface area (Å²) in [7, 11) is 0. The molecule has 7 heteroatoms. The quantitative estimate of drug-likeness (QED) is 0.831. The number of nitrogens with zero attached hydrogens (tertiary/aromatic N) is 2. The second kappa shape index (κ2) is 6.32. The molecule has 1 aliphatic heterocycles. The Bertz CT molecular complexity index is 377. The summed E-state index contributed by atoms with van der Waals surface area (Å²) in [6, 6.07) is 0. The number of aliphatic carboxylic acids is 1. The molecule has 17 heavy (non-hydrogen) atoms. The number of hydrogen-bond donors (Lipinski definition) is 1. The Labute approximate surface area is 108 Å². The SMILES string of the molecule is O=C(O)CCSc1nnsc1C1CCCCO1. The van der Waals surface area contributed by atoms with Crippen LogP contribution >= 0.6 is 23.3 Å². The first-order chi connectivity index (χ1) is 8.27. The zero-order valence-corrected chi connectivity index (χ0v) is 10.9. The molecule has 94 valence electrons. The molecule has 0 aliphatic carbocycles. The normalized spacial score (nSPS) is 20.4. The van der Waals surface area contributed by atoms with Crippen molar-refractivity contribution in [3.8, 4) is 0 Å². The van der Waals surface area contributed by atoms with E-state index in [0.29, 0.717) is 5.75 Å². The molecule has 0 spiro atoms. The van der Waals surface area contributed by atoms with Crippen LogP contribution in [0.25, 0.3) is 0 Å². The fourth-order valence-corrected chi connectivity index (χ4v) is 3.48. The maximum Gasteiger partial charge on any atom is 0.304 e. The van der Waals surface area contributed by atoms with E-state index >= 15 is 0 Å². The van der Waals surface area contributed by atoms with E-state index in [0.717, 1.165) is 29.4 Å². The molecular formula is C10H14N2O3S2. The maximum absolute atomic E-state index is 10.4. The molecule has 1 N–H and O–H groups in total. The number of thioether (sulfide) groups is 1. The van der Waals surface area contributed by atoms with Gasteiger partial charge in [0.15, 0.2) is 0 Å². The number of carboxylic acid groups (broad SMARTS) is 1. The van der Waals surface area contributed by atoms with Crippen molar-refractivity contribution in [3.63, 3.8) is 0 Å². The van der Waals surface area contributed by atoms with Gasteiger partial charge in [0.2, 0.25) is 0 Å². The molecular weight excluding hydrogens is 260 g/mol. The van der Waals surface area contributed by atoms with Crippen molar-refractivity contribution in [2.24, 2.45) is 0 Å². The van der Waals surface area contributed by atoms with E-state index in [1.54, 1.807) is 0 Å². The highest BCUT2D eigenvalue weighted by Gasteiger charge is 2.22. The first-order valence-corrected chi connectivity index (χ1v) is 7.31. The Morgan fingerprint density at radius 1 is 1.59 bits per heavy atom. The topological polar surface area (TPSA) is 72.3 Å². The van der Waals surface area contributed by atoms with Gasteiger partial charge in [-0.05, 0) is 30.8 Å². The minimum atomic E-state index is -0.781. The molecule has 5 nitrogen and oxygen atoms in total. The van der Waals surface area contributed by atoms with Crippen molar-refractivity contribution < 1.29 is 14.6 Å². The lowest BCUT2D eigenvalue weighted by Crippen LogP contribution is -2.11. The van der Waals surface area contributed by atoms with E-state index in [9.17, 15) is 4.79 Å². The lowest BCUT2D eigenvalue weighted by molar-refractivity contribution is -0.136. The van der Waals surface area contributed by atoms with E-state index in [4.69, 9.17) is 9.84 Å². The largest absolute Gasteiger partial charge is 0.481 e. The molecule has 1 aliphatic rings. The van der Waals surface area contributed by atoms with Crippen LogP contribution in [0.5, 0.6) is 0 Å². The lowest BCUT2D eigenvalue weighted by atomic mass is 10.1. The standard InChI is InChI=1S/C10H14N2O3S2/c13-8(14)4-6-16-10-9(17-12-11-10)7-3-1-2-5-15-7/h7H,1-6H2,(H,13,14). The van der Waals surface area contributed by atoms with Crippen LogP contribution in [-0.4, -0.2) is 33.0 Å². The molecule has 1 aromatic heterocycles. The molecule has 0 radical (unpaired) electrons. The zero-order chi connectivity index (χ0) is 12.1. The Morgan fingerprint density at radius 3 is 3.18 bits per heavy atom. The fraction of sp³-hybridized carbons (Fsp3) is 0.700. The van der Waals surface area contributed by atoms with Crippen molar-refractivity contribution in [2.75, 3.05) is 12.4 Å². The number of carbonyl (C=O) groups is 1. The zero-order valence-electron chi connectivity index (χ0n) is 9.29. The summed E-state index contributed by atoms with van der Waals surface area (Å²) in [6.07, 6.45) is 3.55. The predicted molar refractivity (Wildman–Crippen MR) is 65.4 cm³/mol. The van der Waals surface area contributed by atoms with Crippen LogP contribution in [-0.2, 0) is 9.53 Å². The van der Waals surface area contributed by atoms with Crippen molar-refractivity contribution in [1.29, 1.82) is 0 Å². The third kappa shape index (κ3) is 3.65. The summed E-state index contributed by atoms with van der Waals surface area (Å²) >= 11 is 2.81. The van der Waals surface area contributed by atoms with Gasteiger partial charge >= 0.3 is 5.97 Å². The summed E-state index contributed by atoms with van der Waals surface area (Å²) in [6.45, 7) is 0.793. The summed E-state index contributed by atoms with van der Waals surface area (Å²) in [5.41, 5.74) is 0. The third-order valence-corrected chi connectivity index (χ3v) is 4.44. The van der Waals surface area contributed by atoms with Gasteiger partial charge < -0.3 is 9.84 Å². The van der Waals surface area contributed by atoms with E-state index in [1.165, 1.54) is 29.7 Å². The van der Waals surface area contributed by atoms with Crippen molar-refractivity contribution >= 4 is 29.3 Å². The van der Waals surface area contributed by atoms with Gasteiger partial charge in [0.25, 0.3) is 0 Å². The molecule has 2 heterocycles. The number of ether oxygens (including phenoxy) is 1. The summed E-state index contributed by atoms with van der Waals surface area (Å²) in [4.78, 5) is 11.5. The van der Waals surface area contributed by atoms with Crippen LogP contribution in [0, 0.1) is 0 Å². The lowest BCUT2D eigenvalue weighted by Gasteiger charge is -2.21. The molecule has 1 aromatic rings. The van der Waals surface area contributed by atoms with E-state index < -0.39 is 5.97 Å². The summed E-state index contributed by atoms with van der Waals surface area (Å²) in [5.74, 6) is -0.253. The summed E-state index contributed by atoms with van der Waals surface area (Å²) < 4.78 is 9.63. The average molecular weight is 274 g/mol. The highest BCUT2D eigenvalue weighted by atomic mass is 32.2. The van der Waals surface area contributed by atoms with Gasteiger partial charge in [-0.2, -0.15) is 0 Å². The molecule has 0 bridgehead atoms. The van der Waals surface area contributed by atoms with Crippen LogP contribution in [0.3, 0.4) is 0 Å². The van der Waals surface area contributed by atoms with Crippen molar-refractivity contribution in [1.82, 2.24) is 9.59 Å². The number of hydrogen-bond acceptors (Lipinski definition) is 6. The molecule has 1 unspecified atom stereocenters.